The van der Waals surface area contributed by atoms with E-state index in [0.717, 1.165) is 24.5 Å². The van der Waals surface area contributed by atoms with Crippen molar-refractivity contribution in [1.29, 1.82) is 0 Å². The van der Waals surface area contributed by atoms with E-state index in [-0.39, 0.29) is 11.9 Å². The fourth-order valence-corrected chi connectivity index (χ4v) is 3.41. The fraction of sp³-hybridized carbons (Fsp3) is 0.409. The molecule has 3 N–H and O–H groups in total. The van der Waals surface area contributed by atoms with E-state index < -0.39 is 0 Å². The third-order valence-corrected chi connectivity index (χ3v) is 5.30. The second-order valence-corrected chi connectivity index (χ2v) is 7.36. The Bertz CT molecular complexity index is 734. The second-order valence-electron chi connectivity index (χ2n) is 7.36. The van der Waals surface area contributed by atoms with Gasteiger partial charge >= 0.3 is 0 Å². The minimum absolute atomic E-state index is 0.0402. The summed E-state index contributed by atoms with van der Waals surface area (Å²) < 4.78 is 0. The highest BCUT2D eigenvalue weighted by Crippen LogP contribution is 2.19. The maximum absolute atomic E-state index is 12.4. The Morgan fingerprint density at radius 2 is 1.63 bits per heavy atom. The third-order valence-electron chi connectivity index (χ3n) is 5.30. The van der Waals surface area contributed by atoms with E-state index in [1.807, 2.05) is 38.1 Å². The van der Waals surface area contributed by atoms with E-state index >= 15 is 0 Å². The van der Waals surface area contributed by atoms with E-state index in [4.69, 9.17) is 0 Å². The lowest BCUT2D eigenvalue weighted by atomic mass is 10.2. The zero-order valence-electron chi connectivity index (χ0n) is 16.6. The van der Waals surface area contributed by atoms with E-state index in [0.29, 0.717) is 0 Å². The van der Waals surface area contributed by atoms with Gasteiger partial charge in [0, 0.05) is 17.1 Å². The van der Waals surface area contributed by atoms with E-state index in [9.17, 15) is 4.79 Å². The van der Waals surface area contributed by atoms with Crippen molar-refractivity contribution in [3.63, 3.8) is 0 Å². The lowest BCUT2D eigenvalue weighted by Crippen LogP contribution is -3.14. The maximum atomic E-state index is 12.4. The summed E-state index contributed by atoms with van der Waals surface area (Å²) in [6.07, 6.45) is 0. The van der Waals surface area contributed by atoms with Gasteiger partial charge in [-0.25, -0.2) is 0 Å². The molecule has 0 unspecified atom stereocenters. The molecule has 0 radical (unpaired) electrons. The topological polar surface area (TPSA) is 48.8 Å². The quantitative estimate of drug-likeness (QED) is 0.733. The number of carbonyl (C=O) groups is 1. The van der Waals surface area contributed by atoms with Crippen LogP contribution < -0.4 is 20.4 Å². The number of quaternary nitrogens is 1. The van der Waals surface area contributed by atoms with Crippen molar-refractivity contribution >= 4 is 23.0 Å². The minimum Gasteiger partial charge on any atom is -0.374 e. The Labute approximate surface area is 162 Å². The molecule has 1 aliphatic rings. The summed E-state index contributed by atoms with van der Waals surface area (Å²) in [7, 11) is 0. The summed E-state index contributed by atoms with van der Waals surface area (Å²) >= 11 is 0. The van der Waals surface area contributed by atoms with Crippen LogP contribution in [-0.4, -0.2) is 44.7 Å². The van der Waals surface area contributed by atoms with Gasteiger partial charge in [0.05, 0.1) is 32.7 Å². The molecule has 144 valence electrons. The summed E-state index contributed by atoms with van der Waals surface area (Å²) in [5.74, 6) is -0.0402. The van der Waals surface area contributed by atoms with Crippen LogP contribution in [0.5, 0.6) is 0 Å². The smallest absolute Gasteiger partial charge is 0.246 e. The predicted octanol–water partition coefficient (Wildman–Crippen LogP) is 2.16. The summed E-state index contributed by atoms with van der Waals surface area (Å²) in [4.78, 5) is 16.5. The van der Waals surface area contributed by atoms with Crippen molar-refractivity contribution in [1.82, 2.24) is 0 Å². The van der Waals surface area contributed by atoms with Crippen molar-refractivity contribution in [3.05, 3.63) is 54.1 Å². The highest BCUT2D eigenvalue weighted by atomic mass is 16.2. The number of nitrogens with one attached hydrogen (secondary N) is 3. The molecule has 1 fully saturated rings. The predicted molar refractivity (Wildman–Crippen MR) is 113 cm³/mol. The minimum atomic E-state index is -0.311. The molecule has 1 amide bonds. The fourth-order valence-electron chi connectivity index (χ4n) is 3.41. The molecule has 5 nitrogen and oxygen atoms in total. The molecule has 0 aliphatic carbocycles. The number of hydrogen-bond donors (Lipinski definition) is 3. The number of nitrogens with zero attached hydrogens (tertiary/aromatic N) is 1. The number of benzene rings is 2. The van der Waals surface area contributed by atoms with Crippen molar-refractivity contribution < 1.29 is 9.69 Å². The average Bonchev–Trinajstić information content (AvgIpc) is 2.70. The monoisotopic (exact) mass is 367 g/mol. The zero-order valence-corrected chi connectivity index (χ0v) is 16.6. The molecular formula is C22H31N4O+. The Morgan fingerprint density at radius 1 is 1.04 bits per heavy atom. The first kappa shape index (κ1) is 19.2. The molecule has 27 heavy (non-hydrogen) atoms. The van der Waals surface area contributed by atoms with Gasteiger partial charge < -0.3 is 20.4 Å². The number of aryl methyl sites for hydroxylation is 1. The van der Waals surface area contributed by atoms with Gasteiger partial charge in [-0.05, 0) is 57.2 Å². The molecule has 2 aromatic rings. The molecule has 0 spiro atoms. The molecule has 5 heteroatoms. The molecule has 3 rings (SSSR count). The van der Waals surface area contributed by atoms with Crippen LogP contribution in [-0.2, 0) is 4.79 Å². The van der Waals surface area contributed by atoms with Gasteiger partial charge in [-0.15, -0.1) is 0 Å². The van der Waals surface area contributed by atoms with E-state index in [1.54, 1.807) is 4.90 Å². The van der Waals surface area contributed by atoms with Crippen LogP contribution in [0.2, 0.25) is 0 Å². The molecule has 0 aromatic heterocycles. The standard InChI is InChI=1S/C22H30N4O/c1-4-25-13-15-26(16-14-25)21-11-9-19(10-12-21)23-18(3)22(27)24-20-7-5-17(2)6-8-20/h5-12,18,23H,4,13-16H2,1-3H3,(H,24,27)/p+1/t18-/m1/s1. The Morgan fingerprint density at radius 3 is 2.22 bits per heavy atom. The molecular weight excluding hydrogens is 336 g/mol. The number of likely N-dealkylation sites (N-methyl/N-ethyl adjacent to an activating group) is 1. The largest absolute Gasteiger partial charge is 0.374 e. The van der Waals surface area contributed by atoms with Crippen LogP contribution in [0.15, 0.2) is 48.5 Å². The molecule has 2 aromatic carbocycles. The molecule has 0 bridgehead atoms. The van der Waals surface area contributed by atoms with Crippen molar-refractivity contribution in [2.75, 3.05) is 48.3 Å². The van der Waals surface area contributed by atoms with Crippen LogP contribution in [0.3, 0.4) is 0 Å². The Kier molecular flexibility index (Phi) is 6.35. The van der Waals surface area contributed by atoms with Crippen molar-refractivity contribution in [3.8, 4) is 0 Å². The Hall–Kier alpha value is -2.53. The van der Waals surface area contributed by atoms with Crippen LogP contribution >= 0.6 is 0 Å². The molecule has 1 heterocycles. The van der Waals surface area contributed by atoms with Crippen LogP contribution in [0.1, 0.15) is 19.4 Å². The summed E-state index contributed by atoms with van der Waals surface area (Å²) in [5, 5.41) is 6.23. The lowest BCUT2D eigenvalue weighted by molar-refractivity contribution is -0.898. The van der Waals surface area contributed by atoms with Gasteiger partial charge in [-0.3, -0.25) is 4.79 Å². The van der Waals surface area contributed by atoms with Crippen LogP contribution in [0, 0.1) is 6.92 Å². The number of anilines is 3. The summed E-state index contributed by atoms with van der Waals surface area (Å²) in [5.41, 5.74) is 4.22. The van der Waals surface area contributed by atoms with Gasteiger partial charge in [0.25, 0.3) is 0 Å². The van der Waals surface area contributed by atoms with Gasteiger partial charge in [0.1, 0.15) is 6.04 Å². The molecule has 1 atom stereocenters. The Balaban J connectivity index is 1.52. The highest BCUT2D eigenvalue weighted by molar-refractivity contribution is 5.96. The first-order valence-corrected chi connectivity index (χ1v) is 9.88. The second kappa shape index (κ2) is 8.91. The number of rotatable bonds is 6. The summed E-state index contributed by atoms with van der Waals surface area (Å²) in [6.45, 7) is 12.0. The average molecular weight is 368 g/mol. The van der Waals surface area contributed by atoms with Gasteiger partial charge in [0.2, 0.25) is 5.91 Å². The van der Waals surface area contributed by atoms with Gasteiger partial charge in [-0.1, -0.05) is 17.7 Å². The maximum Gasteiger partial charge on any atom is 0.246 e. The lowest BCUT2D eigenvalue weighted by Gasteiger charge is -2.33. The van der Waals surface area contributed by atoms with Crippen molar-refractivity contribution in [2.45, 2.75) is 26.8 Å². The SMILES string of the molecule is CC[NH+]1CCN(c2ccc(N[C@H](C)C(=O)Nc3ccc(C)cc3)cc2)CC1. The van der Waals surface area contributed by atoms with Crippen LogP contribution in [0.25, 0.3) is 0 Å². The zero-order chi connectivity index (χ0) is 19.2. The third kappa shape index (κ3) is 5.23. The number of amides is 1. The number of piperazine rings is 1. The van der Waals surface area contributed by atoms with E-state index in [1.165, 1.54) is 30.9 Å². The number of carbonyl (C=O) groups excluding carboxylic acids is 1. The molecule has 1 saturated heterocycles. The first-order valence-electron chi connectivity index (χ1n) is 9.88. The van der Waals surface area contributed by atoms with Gasteiger partial charge in [0.15, 0.2) is 0 Å². The summed E-state index contributed by atoms with van der Waals surface area (Å²) in [6, 6.07) is 15.9. The van der Waals surface area contributed by atoms with Crippen molar-refractivity contribution in [2.24, 2.45) is 0 Å². The van der Waals surface area contributed by atoms with E-state index in [2.05, 4.69) is 46.7 Å². The molecule has 1 aliphatic heterocycles. The normalized spacial score (nSPS) is 16.0. The highest BCUT2D eigenvalue weighted by Gasteiger charge is 2.19. The first-order chi connectivity index (χ1) is 13.0. The van der Waals surface area contributed by atoms with Gasteiger partial charge in [-0.2, -0.15) is 0 Å². The molecule has 0 saturated carbocycles. The number of hydrogen-bond acceptors (Lipinski definition) is 3. The van der Waals surface area contributed by atoms with Crippen LogP contribution in [0.4, 0.5) is 17.1 Å².